The number of rotatable bonds is 5. The summed E-state index contributed by atoms with van der Waals surface area (Å²) >= 11 is 0. The van der Waals surface area contributed by atoms with E-state index >= 15 is 0 Å². The Morgan fingerprint density at radius 3 is 2.54 bits per heavy atom. The number of halogens is 3. The van der Waals surface area contributed by atoms with Crippen LogP contribution in [0.4, 0.5) is 13.2 Å². The summed E-state index contributed by atoms with van der Waals surface area (Å²) in [5.41, 5.74) is 6.33. The van der Waals surface area contributed by atoms with Crippen LogP contribution in [0.5, 0.6) is 0 Å². The molecule has 24 heavy (non-hydrogen) atoms. The van der Waals surface area contributed by atoms with Gasteiger partial charge in [-0.2, -0.15) is 13.2 Å². The van der Waals surface area contributed by atoms with Gasteiger partial charge in [-0.15, -0.1) is 0 Å². The Hall–Kier alpha value is -2.34. The van der Waals surface area contributed by atoms with Crippen LogP contribution < -0.4 is 5.73 Å². The zero-order chi connectivity index (χ0) is 17.7. The van der Waals surface area contributed by atoms with Crippen molar-refractivity contribution in [1.29, 1.82) is 0 Å². The molecule has 0 spiro atoms. The number of ether oxygens (including phenoxy) is 1. The standard InChI is InChI=1S/C18H18F3NO2/c1-2-24-17(23)11-16(22)13-7-5-6-12(10-13)14-8-3-4-9-15(14)18(19,20)21/h3-10,16H,2,11,22H2,1H3. The molecule has 0 bridgehead atoms. The van der Waals surface area contributed by atoms with E-state index in [0.29, 0.717) is 11.1 Å². The molecule has 2 rings (SSSR count). The van der Waals surface area contributed by atoms with Gasteiger partial charge in [0.1, 0.15) is 0 Å². The van der Waals surface area contributed by atoms with E-state index in [1.165, 1.54) is 12.1 Å². The molecule has 0 saturated heterocycles. The van der Waals surface area contributed by atoms with Gasteiger partial charge in [0.2, 0.25) is 0 Å². The second-order valence-corrected chi connectivity index (χ2v) is 5.28. The monoisotopic (exact) mass is 337 g/mol. The fourth-order valence-corrected chi connectivity index (χ4v) is 2.44. The molecule has 0 fully saturated rings. The Morgan fingerprint density at radius 2 is 1.88 bits per heavy atom. The summed E-state index contributed by atoms with van der Waals surface area (Å²) in [6, 6.07) is 11.2. The fourth-order valence-electron chi connectivity index (χ4n) is 2.44. The van der Waals surface area contributed by atoms with Crippen LogP contribution in [0.1, 0.15) is 30.5 Å². The van der Waals surface area contributed by atoms with E-state index < -0.39 is 23.8 Å². The van der Waals surface area contributed by atoms with Crippen molar-refractivity contribution in [3.05, 3.63) is 59.7 Å². The van der Waals surface area contributed by atoms with E-state index in [9.17, 15) is 18.0 Å². The maximum Gasteiger partial charge on any atom is 0.417 e. The molecule has 0 amide bonds. The SMILES string of the molecule is CCOC(=O)CC(N)c1cccc(-c2ccccc2C(F)(F)F)c1. The molecule has 0 aliphatic rings. The Balaban J connectivity index is 2.33. The van der Waals surface area contributed by atoms with Crippen molar-refractivity contribution in [2.45, 2.75) is 25.6 Å². The number of carbonyl (C=O) groups excluding carboxylic acids is 1. The molecule has 0 aromatic heterocycles. The van der Waals surface area contributed by atoms with Crippen LogP contribution in [0.2, 0.25) is 0 Å². The van der Waals surface area contributed by atoms with Crippen LogP contribution in [0.3, 0.4) is 0 Å². The third-order valence-electron chi connectivity index (χ3n) is 3.55. The van der Waals surface area contributed by atoms with Crippen molar-refractivity contribution in [2.24, 2.45) is 5.73 Å². The van der Waals surface area contributed by atoms with Crippen LogP contribution >= 0.6 is 0 Å². The minimum atomic E-state index is -4.44. The van der Waals surface area contributed by atoms with Crippen LogP contribution in [-0.4, -0.2) is 12.6 Å². The van der Waals surface area contributed by atoms with Crippen molar-refractivity contribution in [2.75, 3.05) is 6.61 Å². The summed E-state index contributed by atoms with van der Waals surface area (Å²) in [5, 5.41) is 0. The second kappa shape index (κ2) is 7.49. The maximum atomic E-state index is 13.2. The minimum Gasteiger partial charge on any atom is -0.466 e. The molecule has 2 aromatic rings. The maximum absolute atomic E-state index is 13.2. The molecule has 2 aromatic carbocycles. The Morgan fingerprint density at radius 1 is 1.17 bits per heavy atom. The molecular weight excluding hydrogens is 319 g/mol. The van der Waals surface area contributed by atoms with Crippen LogP contribution in [-0.2, 0) is 15.7 Å². The molecule has 1 unspecified atom stereocenters. The summed E-state index contributed by atoms with van der Waals surface area (Å²) in [5.74, 6) is -0.439. The predicted octanol–water partition coefficient (Wildman–Crippen LogP) is 4.33. The van der Waals surface area contributed by atoms with Crippen LogP contribution in [0.25, 0.3) is 11.1 Å². The highest BCUT2D eigenvalue weighted by atomic mass is 19.4. The Labute approximate surface area is 138 Å². The van der Waals surface area contributed by atoms with E-state index in [0.717, 1.165) is 6.07 Å². The van der Waals surface area contributed by atoms with Gasteiger partial charge in [-0.05, 0) is 35.7 Å². The number of hydrogen-bond acceptors (Lipinski definition) is 3. The first-order valence-corrected chi connectivity index (χ1v) is 7.50. The largest absolute Gasteiger partial charge is 0.466 e. The van der Waals surface area contributed by atoms with Crippen LogP contribution in [0, 0.1) is 0 Å². The molecule has 0 radical (unpaired) electrons. The van der Waals surface area contributed by atoms with Crippen molar-refractivity contribution in [1.82, 2.24) is 0 Å². The highest BCUT2D eigenvalue weighted by molar-refractivity contribution is 5.71. The molecule has 0 saturated carbocycles. The Bertz CT molecular complexity index is 713. The molecule has 6 heteroatoms. The van der Waals surface area contributed by atoms with Gasteiger partial charge in [0.25, 0.3) is 0 Å². The second-order valence-electron chi connectivity index (χ2n) is 5.28. The third kappa shape index (κ3) is 4.35. The number of esters is 1. The summed E-state index contributed by atoms with van der Waals surface area (Å²) in [6.07, 6.45) is -4.47. The molecule has 0 heterocycles. The van der Waals surface area contributed by atoms with Crippen molar-refractivity contribution in [3.63, 3.8) is 0 Å². The van der Waals surface area contributed by atoms with Gasteiger partial charge in [0, 0.05) is 6.04 Å². The van der Waals surface area contributed by atoms with Crippen molar-refractivity contribution >= 4 is 5.97 Å². The first-order valence-electron chi connectivity index (χ1n) is 7.50. The minimum absolute atomic E-state index is 0.0296. The number of hydrogen-bond donors (Lipinski definition) is 1. The van der Waals surface area contributed by atoms with Crippen molar-refractivity contribution in [3.8, 4) is 11.1 Å². The first kappa shape index (κ1) is 18.0. The lowest BCUT2D eigenvalue weighted by Crippen LogP contribution is -2.17. The lowest BCUT2D eigenvalue weighted by molar-refractivity contribution is -0.143. The lowest BCUT2D eigenvalue weighted by atomic mass is 9.95. The van der Waals surface area contributed by atoms with Gasteiger partial charge in [0.05, 0.1) is 18.6 Å². The third-order valence-corrected chi connectivity index (χ3v) is 3.55. The van der Waals surface area contributed by atoms with Crippen LogP contribution in [0.15, 0.2) is 48.5 Å². The van der Waals surface area contributed by atoms with Gasteiger partial charge in [-0.3, -0.25) is 4.79 Å². The van der Waals surface area contributed by atoms with Gasteiger partial charge >= 0.3 is 12.1 Å². The molecule has 3 nitrogen and oxygen atoms in total. The average molecular weight is 337 g/mol. The van der Waals surface area contributed by atoms with E-state index in [-0.39, 0.29) is 18.6 Å². The molecular formula is C18H18F3NO2. The highest BCUT2D eigenvalue weighted by Crippen LogP contribution is 2.37. The normalized spacial score (nSPS) is 12.7. The molecule has 2 N–H and O–H groups in total. The number of alkyl halides is 3. The van der Waals surface area contributed by atoms with Gasteiger partial charge in [-0.1, -0.05) is 36.4 Å². The van der Waals surface area contributed by atoms with E-state index in [4.69, 9.17) is 10.5 Å². The molecule has 128 valence electrons. The van der Waals surface area contributed by atoms with Gasteiger partial charge in [-0.25, -0.2) is 0 Å². The van der Waals surface area contributed by atoms with E-state index in [1.54, 1.807) is 37.3 Å². The summed E-state index contributed by atoms with van der Waals surface area (Å²) in [7, 11) is 0. The highest BCUT2D eigenvalue weighted by Gasteiger charge is 2.33. The topological polar surface area (TPSA) is 52.3 Å². The summed E-state index contributed by atoms with van der Waals surface area (Å²) < 4.78 is 44.3. The average Bonchev–Trinajstić information content (AvgIpc) is 2.54. The number of nitrogens with two attached hydrogens (primary N) is 1. The first-order chi connectivity index (χ1) is 11.3. The molecule has 0 aliphatic carbocycles. The zero-order valence-electron chi connectivity index (χ0n) is 13.1. The fraction of sp³-hybridized carbons (Fsp3) is 0.278. The number of benzene rings is 2. The zero-order valence-corrected chi connectivity index (χ0v) is 13.1. The van der Waals surface area contributed by atoms with Crippen molar-refractivity contribution < 1.29 is 22.7 Å². The summed E-state index contributed by atoms with van der Waals surface area (Å²) in [6.45, 7) is 1.95. The molecule has 0 aliphatic heterocycles. The van der Waals surface area contributed by atoms with E-state index in [2.05, 4.69) is 0 Å². The smallest absolute Gasteiger partial charge is 0.417 e. The van der Waals surface area contributed by atoms with Gasteiger partial charge in [0.15, 0.2) is 0 Å². The number of carbonyl (C=O) groups is 1. The predicted molar refractivity (Wildman–Crippen MR) is 85.1 cm³/mol. The quantitative estimate of drug-likeness (QED) is 0.827. The Kier molecular flexibility index (Phi) is 5.62. The lowest BCUT2D eigenvalue weighted by Gasteiger charge is -2.15. The van der Waals surface area contributed by atoms with Gasteiger partial charge < -0.3 is 10.5 Å². The van der Waals surface area contributed by atoms with E-state index in [1.807, 2.05) is 0 Å². The summed E-state index contributed by atoms with van der Waals surface area (Å²) in [4.78, 5) is 11.5. The molecule has 1 atom stereocenters.